The average Bonchev–Trinajstić information content (AvgIpc) is 2.82. The Kier molecular flexibility index (Phi) is 4.07. The highest BCUT2D eigenvalue weighted by atomic mass is 19.1. The Bertz CT molecular complexity index is 355. The van der Waals surface area contributed by atoms with Crippen molar-refractivity contribution in [2.24, 2.45) is 11.8 Å². The van der Waals surface area contributed by atoms with Gasteiger partial charge in [0.15, 0.2) is 0 Å². The van der Waals surface area contributed by atoms with Gasteiger partial charge in [-0.3, -0.25) is 11.3 Å². The summed E-state index contributed by atoms with van der Waals surface area (Å²) in [6, 6.07) is 3.93. The Labute approximate surface area is 100 Å². The van der Waals surface area contributed by atoms with Crippen LogP contribution in [0.15, 0.2) is 18.2 Å². The van der Waals surface area contributed by atoms with Crippen molar-refractivity contribution in [2.45, 2.75) is 38.1 Å². The van der Waals surface area contributed by atoms with E-state index in [4.69, 9.17) is 5.84 Å². The molecule has 1 aliphatic rings. The standard InChI is InChI=1S/C13H18F2N2/c14-11-6-3-7-12(15)10(11)8-13(17-16)9-4-1-2-5-9/h3,6-7,9,13,17H,1-2,4-5,8,16H2. The lowest BCUT2D eigenvalue weighted by Gasteiger charge is -2.22. The van der Waals surface area contributed by atoms with E-state index in [1.54, 1.807) is 0 Å². The first-order valence-electron chi connectivity index (χ1n) is 6.11. The predicted octanol–water partition coefficient (Wildman–Crippen LogP) is 2.53. The number of rotatable bonds is 4. The summed E-state index contributed by atoms with van der Waals surface area (Å²) >= 11 is 0. The molecule has 1 aromatic rings. The zero-order valence-corrected chi connectivity index (χ0v) is 9.76. The molecule has 1 unspecified atom stereocenters. The number of nitrogens with one attached hydrogen (secondary N) is 1. The van der Waals surface area contributed by atoms with Gasteiger partial charge >= 0.3 is 0 Å². The van der Waals surface area contributed by atoms with E-state index in [0.29, 0.717) is 12.3 Å². The molecule has 0 saturated heterocycles. The fraction of sp³-hybridized carbons (Fsp3) is 0.538. The zero-order valence-electron chi connectivity index (χ0n) is 9.76. The van der Waals surface area contributed by atoms with Gasteiger partial charge in [0.1, 0.15) is 11.6 Å². The molecule has 0 bridgehead atoms. The average molecular weight is 240 g/mol. The Hall–Kier alpha value is -1.00. The highest BCUT2D eigenvalue weighted by Crippen LogP contribution is 2.29. The van der Waals surface area contributed by atoms with Crippen molar-refractivity contribution >= 4 is 0 Å². The lowest BCUT2D eigenvalue weighted by atomic mass is 9.92. The zero-order chi connectivity index (χ0) is 12.3. The second-order valence-corrected chi connectivity index (χ2v) is 4.72. The summed E-state index contributed by atoms with van der Waals surface area (Å²) in [5, 5.41) is 0. The van der Waals surface area contributed by atoms with Gasteiger partial charge in [-0.2, -0.15) is 0 Å². The molecule has 4 heteroatoms. The maximum Gasteiger partial charge on any atom is 0.129 e. The van der Waals surface area contributed by atoms with Gasteiger partial charge in [-0.1, -0.05) is 18.9 Å². The molecule has 0 radical (unpaired) electrons. The van der Waals surface area contributed by atoms with Crippen LogP contribution in [0.1, 0.15) is 31.2 Å². The minimum Gasteiger partial charge on any atom is -0.271 e. The number of benzene rings is 1. The monoisotopic (exact) mass is 240 g/mol. The summed E-state index contributed by atoms with van der Waals surface area (Å²) in [5.74, 6) is 4.97. The van der Waals surface area contributed by atoms with E-state index in [0.717, 1.165) is 12.8 Å². The van der Waals surface area contributed by atoms with E-state index in [9.17, 15) is 8.78 Å². The first-order valence-corrected chi connectivity index (χ1v) is 6.11. The molecule has 0 aromatic heterocycles. The fourth-order valence-electron chi connectivity index (χ4n) is 2.67. The van der Waals surface area contributed by atoms with Crippen molar-refractivity contribution in [2.75, 3.05) is 0 Å². The molecule has 0 spiro atoms. The van der Waals surface area contributed by atoms with Gasteiger partial charge in [0.25, 0.3) is 0 Å². The topological polar surface area (TPSA) is 38.0 Å². The van der Waals surface area contributed by atoms with Crippen LogP contribution in [-0.4, -0.2) is 6.04 Å². The van der Waals surface area contributed by atoms with Crippen molar-refractivity contribution in [3.8, 4) is 0 Å². The third kappa shape index (κ3) is 2.82. The first kappa shape index (κ1) is 12.5. The molecule has 94 valence electrons. The van der Waals surface area contributed by atoms with Crippen molar-refractivity contribution < 1.29 is 8.78 Å². The van der Waals surface area contributed by atoms with Crippen LogP contribution >= 0.6 is 0 Å². The van der Waals surface area contributed by atoms with E-state index in [1.807, 2.05) is 0 Å². The molecule has 1 fully saturated rings. The number of hydrogen-bond donors (Lipinski definition) is 2. The Morgan fingerprint density at radius 1 is 1.24 bits per heavy atom. The van der Waals surface area contributed by atoms with Crippen LogP contribution in [0.4, 0.5) is 8.78 Å². The van der Waals surface area contributed by atoms with Crippen LogP contribution in [0.2, 0.25) is 0 Å². The largest absolute Gasteiger partial charge is 0.271 e. The molecule has 2 nitrogen and oxygen atoms in total. The Balaban J connectivity index is 2.12. The van der Waals surface area contributed by atoms with Gasteiger partial charge in [0.2, 0.25) is 0 Å². The molecule has 0 amide bonds. The lowest BCUT2D eigenvalue weighted by Crippen LogP contribution is -2.42. The first-order chi connectivity index (χ1) is 8.22. The van der Waals surface area contributed by atoms with Crippen LogP contribution < -0.4 is 11.3 Å². The summed E-state index contributed by atoms with van der Waals surface area (Å²) in [5.41, 5.74) is 2.85. The minimum absolute atomic E-state index is 0.0381. The quantitative estimate of drug-likeness (QED) is 0.627. The van der Waals surface area contributed by atoms with Crippen LogP contribution in [0.3, 0.4) is 0 Å². The van der Waals surface area contributed by atoms with Crippen molar-refractivity contribution in [1.29, 1.82) is 0 Å². The summed E-state index contributed by atoms with van der Waals surface area (Å²) < 4.78 is 27.1. The summed E-state index contributed by atoms with van der Waals surface area (Å²) in [4.78, 5) is 0. The molecule has 2 rings (SSSR count). The highest BCUT2D eigenvalue weighted by molar-refractivity contribution is 5.21. The van der Waals surface area contributed by atoms with E-state index in [2.05, 4.69) is 5.43 Å². The van der Waals surface area contributed by atoms with Gasteiger partial charge in [0.05, 0.1) is 0 Å². The Morgan fingerprint density at radius 3 is 2.35 bits per heavy atom. The maximum absolute atomic E-state index is 13.5. The van der Waals surface area contributed by atoms with Gasteiger partial charge in [-0.05, 0) is 37.3 Å². The number of halogens is 2. The number of hydrazine groups is 1. The van der Waals surface area contributed by atoms with Crippen molar-refractivity contribution in [3.05, 3.63) is 35.4 Å². The van der Waals surface area contributed by atoms with Crippen LogP contribution in [0, 0.1) is 17.6 Å². The highest BCUT2D eigenvalue weighted by Gasteiger charge is 2.26. The summed E-state index contributed by atoms with van der Waals surface area (Å²) in [6.07, 6.45) is 4.86. The van der Waals surface area contributed by atoms with Crippen molar-refractivity contribution in [3.63, 3.8) is 0 Å². The van der Waals surface area contributed by atoms with Gasteiger partial charge in [0, 0.05) is 11.6 Å². The summed E-state index contributed by atoms with van der Waals surface area (Å²) in [6.45, 7) is 0. The molecule has 1 atom stereocenters. The third-order valence-electron chi connectivity index (χ3n) is 3.67. The van der Waals surface area contributed by atoms with E-state index in [1.165, 1.54) is 31.0 Å². The molecular weight excluding hydrogens is 222 g/mol. The van der Waals surface area contributed by atoms with Gasteiger partial charge in [-0.15, -0.1) is 0 Å². The molecule has 17 heavy (non-hydrogen) atoms. The molecular formula is C13H18F2N2. The molecule has 1 aromatic carbocycles. The van der Waals surface area contributed by atoms with E-state index >= 15 is 0 Å². The maximum atomic E-state index is 13.5. The molecule has 1 aliphatic carbocycles. The smallest absolute Gasteiger partial charge is 0.129 e. The number of hydrogen-bond acceptors (Lipinski definition) is 2. The molecule has 0 aliphatic heterocycles. The van der Waals surface area contributed by atoms with E-state index < -0.39 is 11.6 Å². The molecule has 0 heterocycles. The van der Waals surface area contributed by atoms with Crippen molar-refractivity contribution in [1.82, 2.24) is 5.43 Å². The predicted molar refractivity (Wildman–Crippen MR) is 63.1 cm³/mol. The fourth-order valence-corrected chi connectivity index (χ4v) is 2.67. The van der Waals surface area contributed by atoms with E-state index in [-0.39, 0.29) is 11.6 Å². The van der Waals surface area contributed by atoms with Gasteiger partial charge in [-0.25, -0.2) is 8.78 Å². The summed E-state index contributed by atoms with van der Waals surface area (Å²) in [7, 11) is 0. The Morgan fingerprint density at radius 2 is 1.82 bits per heavy atom. The van der Waals surface area contributed by atoms with Crippen LogP contribution in [-0.2, 0) is 6.42 Å². The van der Waals surface area contributed by atoms with Crippen LogP contribution in [0.5, 0.6) is 0 Å². The normalized spacial score (nSPS) is 18.5. The van der Waals surface area contributed by atoms with Gasteiger partial charge < -0.3 is 0 Å². The van der Waals surface area contributed by atoms with Crippen LogP contribution in [0.25, 0.3) is 0 Å². The minimum atomic E-state index is -0.483. The molecule has 1 saturated carbocycles. The second kappa shape index (κ2) is 5.56. The second-order valence-electron chi connectivity index (χ2n) is 4.72. The molecule has 3 N–H and O–H groups in total. The SMILES string of the molecule is NNC(Cc1c(F)cccc1F)C1CCCC1. The third-order valence-corrected chi connectivity index (χ3v) is 3.67. The lowest BCUT2D eigenvalue weighted by molar-refractivity contribution is 0.353. The number of nitrogens with two attached hydrogens (primary N) is 1.